The summed E-state index contributed by atoms with van der Waals surface area (Å²) in [5.74, 6) is 2.36. The number of nitrogens with zero attached hydrogens (tertiary/aromatic N) is 2. The molecule has 1 unspecified atom stereocenters. The van der Waals surface area contributed by atoms with Gasteiger partial charge in [-0.2, -0.15) is 0 Å². The van der Waals surface area contributed by atoms with Crippen LogP contribution in [-0.4, -0.2) is 23.1 Å². The standard InChI is InChI=1S/C16H26BrN3O/c1-4-7-12-13(17)15(18-10-5-2)20-16(19-12)14(21-6-3)11-8-9-11/h11,14H,4-10H2,1-3H3,(H,18,19,20). The van der Waals surface area contributed by atoms with Crippen LogP contribution in [-0.2, 0) is 11.2 Å². The molecule has 5 heteroatoms. The van der Waals surface area contributed by atoms with Crippen LogP contribution in [0.1, 0.15) is 64.1 Å². The Morgan fingerprint density at radius 3 is 2.57 bits per heavy atom. The van der Waals surface area contributed by atoms with E-state index in [-0.39, 0.29) is 6.10 Å². The maximum Gasteiger partial charge on any atom is 0.160 e. The molecule has 0 aromatic carbocycles. The Labute approximate surface area is 136 Å². The van der Waals surface area contributed by atoms with Crippen molar-refractivity contribution in [2.24, 2.45) is 5.92 Å². The summed E-state index contributed by atoms with van der Waals surface area (Å²) < 4.78 is 6.92. The summed E-state index contributed by atoms with van der Waals surface area (Å²) in [5.41, 5.74) is 1.09. The van der Waals surface area contributed by atoms with Crippen molar-refractivity contribution in [2.75, 3.05) is 18.5 Å². The van der Waals surface area contributed by atoms with Crippen molar-refractivity contribution in [2.45, 2.75) is 59.0 Å². The molecule has 1 aliphatic carbocycles. The van der Waals surface area contributed by atoms with E-state index >= 15 is 0 Å². The maximum atomic E-state index is 5.92. The van der Waals surface area contributed by atoms with E-state index in [2.05, 4.69) is 35.1 Å². The van der Waals surface area contributed by atoms with E-state index in [1.807, 2.05) is 6.92 Å². The highest BCUT2D eigenvalue weighted by molar-refractivity contribution is 9.10. The average Bonchev–Trinajstić information content (AvgIpc) is 3.30. The fourth-order valence-electron chi connectivity index (χ4n) is 2.40. The fourth-order valence-corrected chi connectivity index (χ4v) is 2.92. The van der Waals surface area contributed by atoms with Crippen LogP contribution in [0.15, 0.2) is 4.47 Å². The van der Waals surface area contributed by atoms with Crippen LogP contribution in [0.5, 0.6) is 0 Å². The number of aromatic nitrogens is 2. The molecule has 1 heterocycles. The lowest BCUT2D eigenvalue weighted by Crippen LogP contribution is -2.15. The van der Waals surface area contributed by atoms with Crippen LogP contribution in [0.3, 0.4) is 0 Å². The first-order valence-corrected chi connectivity index (χ1v) is 8.92. The van der Waals surface area contributed by atoms with Crippen molar-refractivity contribution in [3.05, 3.63) is 16.0 Å². The number of anilines is 1. The number of aryl methyl sites for hydroxylation is 1. The number of nitrogens with one attached hydrogen (secondary N) is 1. The van der Waals surface area contributed by atoms with Crippen molar-refractivity contribution in [3.8, 4) is 0 Å². The van der Waals surface area contributed by atoms with Gasteiger partial charge in [-0.15, -0.1) is 0 Å². The zero-order valence-corrected chi connectivity index (χ0v) is 14.9. The molecule has 4 nitrogen and oxygen atoms in total. The zero-order chi connectivity index (χ0) is 15.2. The van der Waals surface area contributed by atoms with E-state index in [0.29, 0.717) is 12.5 Å². The number of ether oxygens (including phenoxy) is 1. The van der Waals surface area contributed by atoms with Crippen LogP contribution in [0, 0.1) is 5.92 Å². The molecule has 1 atom stereocenters. The van der Waals surface area contributed by atoms with Gasteiger partial charge in [-0.1, -0.05) is 20.3 Å². The molecule has 0 aliphatic heterocycles. The molecule has 1 aromatic heterocycles. The minimum Gasteiger partial charge on any atom is -0.370 e. The van der Waals surface area contributed by atoms with E-state index in [1.54, 1.807) is 0 Å². The third-order valence-electron chi connectivity index (χ3n) is 3.62. The lowest BCUT2D eigenvalue weighted by molar-refractivity contribution is 0.0399. The van der Waals surface area contributed by atoms with Crippen molar-refractivity contribution in [3.63, 3.8) is 0 Å². The summed E-state index contributed by atoms with van der Waals surface area (Å²) in [6, 6.07) is 0. The van der Waals surface area contributed by atoms with Crippen molar-refractivity contribution in [1.29, 1.82) is 0 Å². The van der Waals surface area contributed by atoms with Crippen molar-refractivity contribution in [1.82, 2.24) is 9.97 Å². The highest BCUT2D eigenvalue weighted by atomic mass is 79.9. The Kier molecular flexibility index (Phi) is 6.42. The van der Waals surface area contributed by atoms with Crippen molar-refractivity contribution >= 4 is 21.7 Å². The molecule has 118 valence electrons. The minimum absolute atomic E-state index is 0.0564. The van der Waals surface area contributed by atoms with E-state index in [0.717, 1.165) is 47.6 Å². The lowest BCUT2D eigenvalue weighted by Gasteiger charge is -2.18. The third-order valence-corrected chi connectivity index (χ3v) is 4.45. The average molecular weight is 356 g/mol. The first kappa shape index (κ1) is 16.7. The summed E-state index contributed by atoms with van der Waals surface area (Å²) in [6.07, 6.45) is 5.62. The molecule has 2 rings (SSSR count). The van der Waals surface area contributed by atoms with E-state index in [9.17, 15) is 0 Å². The van der Waals surface area contributed by atoms with Crippen LogP contribution < -0.4 is 5.32 Å². The van der Waals surface area contributed by atoms with Crippen LogP contribution in [0.25, 0.3) is 0 Å². The Morgan fingerprint density at radius 2 is 2.00 bits per heavy atom. The maximum absolute atomic E-state index is 5.92. The predicted molar refractivity (Wildman–Crippen MR) is 89.6 cm³/mol. The zero-order valence-electron chi connectivity index (χ0n) is 13.3. The topological polar surface area (TPSA) is 47.0 Å². The monoisotopic (exact) mass is 355 g/mol. The van der Waals surface area contributed by atoms with Crippen LogP contribution in [0.4, 0.5) is 5.82 Å². The largest absolute Gasteiger partial charge is 0.370 e. The second-order valence-corrected chi connectivity index (χ2v) is 6.37. The Hall–Kier alpha value is -0.680. The highest BCUT2D eigenvalue weighted by Gasteiger charge is 2.35. The summed E-state index contributed by atoms with van der Waals surface area (Å²) in [5, 5.41) is 3.40. The molecule has 0 saturated heterocycles. The smallest absolute Gasteiger partial charge is 0.160 e. The van der Waals surface area contributed by atoms with Gasteiger partial charge in [-0.25, -0.2) is 9.97 Å². The molecule has 1 aromatic rings. The molecular formula is C16H26BrN3O. The molecule has 1 fully saturated rings. The van der Waals surface area contributed by atoms with E-state index in [4.69, 9.17) is 14.7 Å². The summed E-state index contributed by atoms with van der Waals surface area (Å²) in [6.45, 7) is 8.00. The third kappa shape index (κ3) is 4.39. The molecule has 0 spiro atoms. The molecule has 0 bridgehead atoms. The second kappa shape index (κ2) is 8.08. The van der Waals surface area contributed by atoms with Crippen molar-refractivity contribution < 1.29 is 4.74 Å². The van der Waals surface area contributed by atoms with Gasteiger partial charge in [0.25, 0.3) is 0 Å². The van der Waals surface area contributed by atoms with Gasteiger partial charge in [0.1, 0.15) is 11.9 Å². The number of hydrogen-bond donors (Lipinski definition) is 1. The Bertz CT molecular complexity index is 463. The van der Waals surface area contributed by atoms with Crippen LogP contribution in [0.2, 0.25) is 0 Å². The van der Waals surface area contributed by atoms with Crippen LogP contribution >= 0.6 is 15.9 Å². The van der Waals surface area contributed by atoms with Gasteiger partial charge in [0.05, 0.1) is 10.2 Å². The van der Waals surface area contributed by atoms with Gasteiger partial charge in [0.15, 0.2) is 5.82 Å². The lowest BCUT2D eigenvalue weighted by atomic mass is 10.2. The molecule has 1 aliphatic rings. The molecule has 0 radical (unpaired) electrons. The first-order chi connectivity index (χ1) is 10.2. The predicted octanol–water partition coefficient (Wildman–Crippen LogP) is 4.50. The summed E-state index contributed by atoms with van der Waals surface area (Å²) in [7, 11) is 0. The fraction of sp³-hybridized carbons (Fsp3) is 0.750. The van der Waals surface area contributed by atoms with Gasteiger partial charge in [0, 0.05) is 13.2 Å². The molecule has 21 heavy (non-hydrogen) atoms. The number of halogens is 1. The summed E-state index contributed by atoms with van der Waals surface area (Å²) in [4.78, 5) is 9.53. The molecule has 1 N–H and O–H groups in total. The highest BCUT2D eigenvalue weighted by Crippen LogP contribution is 2.43. The first-order valence-electron chi connectivity index (χ1n) is 8.12. The van der Waals surface area contributed by atoms with Gasteiger partial charge in [-0.3, -0.25) is 0 Å². The number of hydrogen-bond acceptors (Lipinski definition) is 4. The van der Waals surface area contributed by atoms with Gasteiger partial charge >= 0.3 is 0 Å². The molecule has 1 saturated carbocycles. The molecular weight excluding hydrogens is 330 g/mol. The Balaban J connectivity index is 2.31. The van der Waals surface area contributed by atoms with E-state index < -0.39 is 0 Å². The summed E-state index contributed by atoms with van der Waals surface area (Å²) >= 11 is 3.66. The SMILES string of the molecule is CCCNc1nc(C(OCC)C2CC2)nc(CCC)c1Br. The van der Waals surface area contributed by atoms with Gasteiger partial charge < -0.3 is 10.1 Å². The quantitative estimate of drug-likeness (QED) is 0.708. The minimum atomic E-state index is 0.0564. The number of rotatable bonds is 9. The normalized spacial score (nSPS) is 16.0. The second-order valence-electron chi connectivity index (χ2n) is 5.58. The van der Waals surface area contributed by atoms with E-state index in [1.165, 1.54) is 12.8 Å². The van der Waals surface area contributed by atoms with Gasteiger partial charge in [0.2, 0.25) is 0 Å². The van der Waals surface area contributed by atoms with Gasteiger partial charge in [-0.05, 0) is 54.5 Å². The molecule has 0 amide bonds. The Morgan fingerprint density at radius 1 is 1.24 bits per heavy atom.